The number of nitrogens with one attached hydrogen (secondary N) is 2. The normalized spacial score (nSPS) is 10.5. The fraction of sp³-hybridized carbons (Fsp3) is 0.143. The predicted molar refractivity (Wildman–Crippen MR) is 51.8 cm³/mol. The molecule has 0 radical (unpaired) electrons. The standard InChI is InChI=1S/C7H6ClN5O2/c8-5-4(3-13-2-1-9-12-13)10-7(15)11-6(5)14/h1-2H,3H2,(H2,10,11,14,15). The molecule has 2 aromatic rings. The third kappa shape index (κ3) is 1.96. The summed E-state index contributed by atoms with van der Waals surface area (Å²) in [6.45, 7) is 0.192. The van der Waals surface area contributed by atoms with Gasteiger partial charge < -0.3 is 4.98 Å². The lowest BCUT2D eigenvalue weighted by Gasteiger charge is -2.01. The molecule has 0 aliphatic heterocycles. The molecule has 7 nitrogen and oxygen atoms in total. The van der Waals surface area contributed by atoms with E-state index in [2.05, 4.69) is 15.3 Å². The van der Waals surface area contributed by atoms with E-state index < -0.39 is 11.2 Å². The average molecular weight is 228 g/mol. The van der Waals surface area contributed by atoms with Gasteiger partial charge in [0.15, 0.2) is 0 Å². The Bertz CT molecular complexity index is 570. The van der Waals surface area contributed by atoms with Crippen molar-refractivity contribution in [1.82, 2.24) is 25.0 Å². The van der Waals surface area contributed by atoms with Gasteiger partial charge in [0.1, 0.15) is 5.02 Å². The molecule has 0 saturated heterocycles. The third-order valence-electron chi connectivity index (χ3n) is 1.75. The van der Waals surface area contributed by atoms with E-state index in [1.807, 2.05) is 4.98 Å². The molecule has 0 aliphatic rings. The van der Waals surface area contributed by atoms with E-state index in [1.165, 1.54) is 10.9 Å². The molecule has 15 heavy (non-hydrogen) atoms. The molecule has 2 aromatic heterocycles. The quantitative estimate of drug-likeness (QED) is 0.713. The van der Waals surface area contributed by atoms with E-state index in [0.29, 0.717) is 5.69 Å². The van der Waals surface area contributed by atoms with E-state index in [0.717, 1.165) is 0 Å². The minimum atomic E-state index is -0.615. The molecule has 0 amide bonds. The van der Waals surface area contributed by atoms with Crippen LogP contribution in [0.15, 0.2) is 22.0 Å². The number of hydrogen-bond acceptors (Lipinski definition) is 4. The number of hydrogen-bond donors (Lipinski definition) is 2. The summed E-state index contributed by atoms with van der Waals surface area (Å²) in [5.41, 5.74) is -0.911. The van der Waals surface area contributed by atoms with Crippen LogP contribution in [0.4, 0.5) is 0 Å². The summed E-state index contributed by atoms with van der Waals surface area (Å²) < 4.78 is 1.44. The lowest BCUT2D eigenvalue weighted by atomic mass is 10.4. The Hall–Kier alpha value is -1.89. The highest BCUT2D eigenvalue weighted by molar-refractivity contribution is 6.30. The molecule has 2 heterocycles. The first-order valence-electron chi connectivity index (χ1n) is 4.02. The van der Waals surface area contributed by atoms with Crippen LogP contribution in [0.2, 0.25) is 5.02 Å². The topological polar surface area (TPSA) is 96.4 Å². The van der Waals surface area contributed by atoms with Crippen molar-refractivity contribution in [3.05, 3.63) is 43.9 Å². The number of aromatic amines is 2. The van der Waals surface area contributed by atoms with Gasteiger partial charge in [-0.25, -0.2) is 9.48 Å². The molecule has 0 aliphatic carbocycles. The maximum absolute atomic E-state index is 11.1. The highest BCUT2D eigenvalue weighted by Crippen LogP contribution is 2.05. The van der Waals surface area contributed by atoms with Crippen molar-refractivity contribution in [2.24, 2.45) is 0 Å². The van der Waals surface area contributed by atoms with Crippen molar-refractivity contribution < 1.29 is 0 Å². The van der Waals surface area contributed by atoms with Gasteiger partial charge in [-0.05, 0) is 0 Å². The maximum Gasteiger partial charge on any atom is 0.326 e. The van der Waals surface area contributed by atoms with Crippen LogP contribution in [-0.4, -0.2) is 25.0 Å². The van der Waals surface area contributed by atoms with Crippen LogP contribution in [0, 0.1) is 0 Å². The summed E-state index contributed by atoms with van der Waals surface area (Å²) in [5, 5.41) is 7.22. The summed E-state index contributed by atoms with van der Waals surface area (Å²) in [4.78, 5) is 26.6. The van der Waals surface area contributed by atoms with Gasteiger partial charge in [0.05, 0.1) is 18.4 Å². The zero-order chi connectivity index (χ0) is 10.8. The highest BCUT2D eigenvalue weighted by Gasteiger charge is 2.07. The largest absolute Gasteiger partial charge is 0.326 e. The van der Waals surface area contributed by atoms with Crippen molar-refractivity contribution in [2.75, 3.05) is 0 Å². The predicted octanol–water partition coefficient (Wildman–Crippen LogP) is -0.644. The van der Waals surface area contributed by atoms with Crippen LogP contribution in [0.25, 0.3) is 0 Å². The molecule has 0 aromatic carbocycles. The number of aromatic nitrogens is 5. The number of halogens is 1. The lowest BCUT2D eigenvalue weighted by Crippen LogP contribution is -2.25. The van der Waals surface area contributed by atoms with Crippen LogP contribution < -0.4 is 11.2 Å². The number of nitrogens with zero attached hydrogens (tertiary/aromatic N) is 3. The average Bonchev–Trinajstić information content (AvgIpc) is 2.66. The molecule has 0 fully saturated rings. The zero-order valence-corrected chi connectivity index (χ0v) is 8.15. The third-order valence-corrected chi connectivity index (χ3v) is 2.15. The van der Waals surface area contributed by atoms with Gasteiger partial charge in [0.2, 0.25) is 0 Å². The van der Waals surface area contributed by atoms with E-state index in [4.69, 9.17) is 11.6 Å². The van der Waals surface area contributed by atoms with Gasteiger partial charge in [-0.2, -0.15) is 0 Å². The summed E-state index contributed by atoms with van der Waals surface area (Å²) >= 11 is 5.71. The molecule has 0 unspecified atom stereocenters. The Morgan fingerprint density at radius 1 is 1.40 bits per heavy atom. The van der Waals surface area contributed by atoms with Gasteiger partial charge in [0.25, 0.3) is 5.56 Å². The first-order chi connectivity index (χ1) is 7.16. The molecule has 2 rings (SSSR count). The second kappa shape index (κ2) is 3.70. The van der Waals surface area contributed by atoms with Crippen LogP contribution in [0.3, 0.4) is 0 Å². The Labute approximate surface area is 87.7 Å². The Kier molecular flexibility index (Phi) is 2.38. The van der Waals surface area contributed by atoms with Crippen LogP contribution in [-0.2, 0) is 6.54 Å². The SMILES string of the molecule is O=c1[nH]c(Cn2ccnn2)c(Cl)c(=O)[nH]1. The fourth-order valence-electron chi connectivity index (χ4n) is 1.11. The summed E-state index contributed by atoms with van der Waals surface area (Å²) in [6, 6.07) is 0. The van der Waals surface area contributed by atoms with Gasteiger partial charge >= 0.3 is 5.69 Å². The smallest absolute Gasteiger partial charge is 0.308 e. The molecular weight excluding hydrogens is 222 g/mol. The van der Waals surface area contributed by atoms with Crippen molar-refractivity contribution >= 4 is 11.6 Å². The summed E-state index contributed by atoms with van der Waals surface area (Å²) in [6.07, 6.45) is 3.08. The van der Waals surface area contributed by atoms with E-state index >= 15 is 0 Å². The molecule has 0 spiro atoms. The fourth-order valence-corrected chi connectivity index (χ4v) is 1.26. The van der Waals surface area contributed by atoms with Crippen molar-refractivity contribution in [1.29, 1.82) is 0 Å². The van der Waals surface area contributed by atoms with E-state index in [1.54, 1.807) is 6.20 Å². The molecule has 0 saturated carbocycles. The molecule has 2 N–H and O–H groups in total. The van der Waals surface area contributed by atoms with E-state index in [9.17, 15) is 9.59 Å². The highest BCUT2D eigenvalue weighted by atomic mass is 35.5. The summed E-state index contributed by atoms with van der Waals surface area (Å²) in [7, 11) is 0. The monoisotopic (exact) mass is 227 g/mol. The summed E-state index contributed by atoms with van der Waals surface area (Å²) in [5.74, 6) is 0. The molecule has 78 valence electrons. The van der Waals surface area contributed by atoms with Crippen LogP contribution in [0.1, 0.15) is 5.69 Å². The maximum atomic E-state index is 11.1. The zero-order valence-electron chi connectivity index (χ0n) is 7.40. The van der Waals surface area contributed by atoms with Crippen molar-refractivity contribution in [3.8, 4) is 0 Å². The lowest BCUT2D eigenvalue weighted by molar-refractivity contribution is 0.634. The minimum Gasteiger partial charge on any atom is -0.308 e. The molecule has 0 bridgehead atoms. The first-order valence-corrected chi connectivity index (χ1v) is 4.39. The van der Waals surface area contributed by atoms with Gasteiger partial charge in [-0.1, -0.05) is 16.8 Å². The van der Waals surface area contributed by atoms with Gasteiger partial charge in [-0.15, -0.1) is 5.10 Å². The molecular formula is C7H6ClN5O2. The van der Waals surface area contributed by atoms with Crippen molar-refractivity contribution in [2.45, 2.75) is 6.54 Å². The van der Waals surface area contributed by atoms with Crippen LogP contribution in [0.5, 0.6) is 0 Å². The molecule has 8 heteroatoms. The van der Waals surface area contributed by atoms with Gasteiger partial charge in [0, 0.05) is 6.20 Å². The van der Waals surface area contributed by atoms with Gasteiger partial charge in [-0.3, -0.25) is 9.78 Å². The first kappa shape index (κ1) is 9.66. The number of H-pyrrole nitrogens is 2. The molecule has 0 atom stereocenters. The second-order valence-corrected chi connectivity index (χ2v) is 3.18. The minimum absolute atomic E-state index is 0.0508. The van der Waals surface area contributed by atoms with E-state index in [-0.39, 0.29) is 11.6 Å². The Balaban J connectivity index is 2.45. The Morgan fingerprint density at radius 3 is 2.87 bits per heavy atom. The second-order valence-electron chi connectivity index (χ2n) is 2.80. The van der Waals surface area contributed by atoms with Crippen LogP contribution >= 0.6 is 11.6 Å². The van der Waals surface area contributed by atoms with Crippen molar-refractivity contribution in [3.63, 3.8) is 0 Å². The number of rotatable bonds is 2. The Morgan fingerprint density at radius 2 is 2.20 bits per heavy atom.